The van der Waals surface area contributed by atoms with Crippen LogP contribution in [0.1, 0.15) is 54.6 Å². The van der Waals surface area contributed by atoms with Crippen LogP contribution in [0, 0.1) is 6.92 Å². The molecule has 1 aliphatic carbocycles. The Bertz CT molecular complexity index is 1020. The molecule has 1 N–H and O–H groups in total. The number of carbonyl (C=O) groups excluding carboxylic acids is 1. The first-order valence-corrected chi connectivity index (χ1v) is 11.3. The van der Waals surface area contributed by atoms with Crippen molar-refractivity contribution in [3.63, 3.8) is 0 Å². The molecule has 0 unspecified atom stereocenters. The summed E-state index contributed by atoms with van der Waals surface area (Å²) in [5.74, 6) is -0.186. The van der Waals surface area contributed by atoms with Crippen LogP contribution in [0.25, 0.3) is 11.0 Å². The standard InChI is InChI=1S/C21H27ClN6OS/c1-14-17-18(22)16(13-24-19(17)26(2)25-14)20(29)27-11-6-12-28(27)21(30)23-10-9-15-7-4-3-5-8-15/h7,13H,3-6,8-12H2,1-2H3,(H,23,30). The van der Waals surface area contributed by atoms with Crippen LogP contribution in [-0.4, -0.2) is 55.4 Å². The minimum Gasteiger partial charge on any atom is -0.361 e. The molecule has 1 amide bonds. The predicted molar refractivity (Wildman–Crippen MR) is 122 cm³/mol. The van der Waals surface area contributed by atoms with Crippen molar-refractivity contribution in [2.24, 2.45) is 7.05 Å². The average molecular weight is 447 g/mol. The van der Waals surface area contributed by atoms with Crippen molar-refractivity contribution in [2.45, 2.75) is 45.4 Å². The summed E-state index contributed by atoms with van der Waals surface area (Å²) in [4.78, 5) is 17.7. The Hall–Kier alpha value is -2.19. The van der Waals surface area contributed by atoms with Gasteiger partial charge < -0.3 is 5.32 Å². The molecule has 3 heterocycles. The third-order valence-electron chi connectivity index (χ3n) is 5.80. The van der Waals surface area contributed by atoms with Gasteiger partial charge in [-0.15, -0.1) is 0 Å². The molecular formula is C21H27ClN6OS. The molecule has 4 rings (SSSR count). The second-order valence-electron chi connectivity index (χ2n) is 7.89. The SMILES string of the molecule is Cc1nn(C)c2ncc(C(=O)N3CCCN3C(=S)NCCC3=CCCCC3)c(Cl)c12. The molecule has 1 aliphatic heterocycles. The number of aryl methyl sites for hydroxylation is 2. The first kappa shape index (κ1) is 21.1. The van der Waals surface area contributed by atoms with Crippen LogP contribution in [0.3, 0.4) is 0 Å². The van der Waals surface area contributed by atoms with Crippen molar-refractivity contribution in [1.82, 2.24) is 30.1 Å². The number of carbonyl (C=O) groups is 1. The molecule has 7 nitrogen and oxygen atoms in total. The van der Waals surface area contributed by atoms with E-state index < -0.39 is 0 Å². The van der Waals surface area contributed by atoms with Crippen molar-refractivity contribution in [1.29, 1.82) is 0 Å². The number of halogens is 1. The maximum Gasteiger partial charge on any atom is 0.275 e. The van der Waals surface area contributed by atoms with Gasteiger partial charge in [-0.1, -0.05) is 23.3 Å². The zero-order valence-electron chi connectivity index (χ0n) is 17.4. The Morgan fingerprint density at radius 1 is 1.27 bits per heavy atom. The van der Waals surface area contributed by atoms with Gasteiger partial charge in [-0.25, -0.2) is 9.99 Å². The van der Waals surface area contributed by atoms with E-state index in [0.29, 0.717) is 34.4 Å². The lowest BCUT2D eigenvalue weighted by Gasteiger charge is -2.30. The minimum absolute atomic E-state index is 0.186. The van der Waals surface area contributed by atoms with E-state index in [0.717, 1.165) is 30.5 Å². The fraction of sp³-hybridized carbons (Fsp3) is 0.524. The Labute approximate surface area is 187 Å². The van der Waals surface area contributed by atoms with Crippen LogP contribution in [0.5, 0.6) is 0 Å². The second kappa shape index (κ2) is 8.89. The number of rotatable bonds is 4. The summed E-state index contributed by atoms with van der Waals surface area (Å²) in [5.41, 5.74) is 3.31. The Morgan fingerprint density at radius 2 is 2.07 bits per heavy atom. The summed E-state index contributed by atoms with van der Waals surface area (Å²) in [5, 5.41) is 12.9. The maximum absolute atomic E-state index is 13.3. The van der Waals surface area contributed by atoms with Gasteiger partial charge in [-0.2, -0.15) is 5.10 Å². The Morgan fingerprint density at radius 3 is 2.83 bits per heavy atom. The molecule has 9 heteroatoms. The first-order valence-electron chi connectivity index (χ1n) is 10.5. The zero-order valence-corrected chi connectivity index (χ0v) is 19.0. The van der Waals surface area contributed by atoms with Crippen molar-refractivity contribution < 1.29 is 4.79 Å². The van der Waals surface area contributed by atoms with Gasteiger partial charge in [0.15, 0.2) is 10.8 Å². The van der Waals surface area contributed by atoms with E-state index in [1.807, 2.05) is 19.0 Å². The number of fused-ring (bicyclic) bond motifs is 1. The number of aromatic nitrogens is 3. The molecule has 0 saturated carbocycles. The summed E-state index contributed by atoms with van der Waals surface area (Å²) < 4.78 is 1.67. The summed E-state index contributed by atoms with van der Waals surface area (Å²) in [7, 11) is 1.82. The summed E-state index contributed by atoms with van der Waals surface area (Å²) in [6.45, 7) is 3.96. The van der Waals surface area contributed by atoms with Gasteiger partial charge in [0, 0.05) is 32.9 Å². The summed E-state index contributed by atoms with van der Waals surface area (Å²) in [6, 6.07) is 0. The predicted octanol–water partition coefficient (Wildman–Crippen LogP) is 3.76. The topological polar surface area (TPSA) is 66.3 Å². The van der Waals surface area contributed by atoms with Gasteiger partial charge in [-0.05, 0) is 57.7 Å². The average Bonchev–Trinajstić information content (AvgIpc) is 3.34. The highest BCUT2D eigenvalue weighted by atomic mass is 35.5. The fourth-order valence-corrected chi connectivity index (χ4v) is 4.89. The number of hydrogen-bond acceptors (Lipinski definition) is 4. The molecule has 0 bridgehead atoms. The number of hydrogen-bond donors (Lipinski definition) is 1. The van der Waals surface area contributed by atoms with Crippen LogP contribution in [0.2, 0.25) is 5.02 Å². The second-order valence-corrected chi connectivity index (χ2v) is 8.65. The third-order valence-corrected chi connectivity index (χ3v) is 6.55. The quantitative estimate of drug-likeness (QED) is 0.569. The fourth-order valence-electron chi connectivity index (χ4n) is 4.24. The summed E-state index contributed by atoms with van der Waals surface area (Å²) >= 11 is 12.2. The number of nitrogens with zero attached hydrogens (tertiary/aromatic N) is 5. The summed E-state index contributed by atoms with van der Waals surface area (Å²) in [6.07, 6.45) is 10.7. The van der Waals surface area contributed by atoms with Gasteiger partial charge in [0.25, 0.3) is 5.91 Å². The molecule has 1 saturated heterocycles. The number of hydrazine groups is 1. The maximum atomic E-state index is 13.3. The normalized spacial score (nSPS) is 16.8. The smallest absolute Gasteiger partial charge is 0.275 e. The highest BCUT2D eigenvalue weighted by Crippen LogP contribution is 2.30. The molecule has 0 atom stereocenters. The van der Waals surface area contributed by atoms with E-state index in [1.165, 1.54) is 37.5 Å². The molecule has 160 valence electrons. The van der Waals surface area contributed by atoms with E-state index in [2.05, 4.69) is 21.5 Å². The van der Waals surface area contributed by atoms with Gasteiger partial charge in [0.2, 0.25) is 0 Å². The van der Waals surface area contributed by atoms with E-state index in [1.54, 1.807) is 9.69 Å². The van der Waals surface area contributed by atoms with Gasteiger partial charge >= 0.3 is 0 Å². The molecule has 2 aliphatic rings. The number of amides is 1. The molecular weight excluding hydrogens is 420 g/mol. The molecule has 2 aromatic heterocycles. The van der Waals surface area contributed by atoms with E-state index in [-0.39, 0.29) is 5.91 Å². The van der Waals surface area contributed by atoms with E-state index >= 15 is 0 Å². The highest BCUT2D eigenvalue weighted by Gasteiger charge is 2.31. The lowest BCUT2D eigenvalue weighted by atomic mass is 9.97. The highest BCUT2D eigenvalue weighted by molar-refractivity contribution is 7.80. The van der Waals surface area contributed by atoms with E-state index in [4.69, 9.17) is 23.8 Å². The molecule has 1 fully saturated rings. The largest absolute Gasteiger partial charge is 0.361 e. The number of nitrogens with one attached hydrogen (secondary N) is 1. The third kappa shape index (κ3) is 4.03. The molecule has 0 aromatic carbocycles. The van der Waals surface area contributed by atoms with Crippen LogP contribution in [-0.2, 0) is 7.05 Å². The number of pyridine rings is 1. The van der Waals surface area contributed by atoms with Crippen LogP contribution < -0.4 is 5.32 Å². The van der Waals surface area contributed by atoms with Crippen LogP contribution in [0.15, 0.2) is 17.8 Å². The van der Waals surface area contributed by atoms with Gasteiger partial charge in [0.1, 0.15) is 0 Å². The van der Waals surface area contributed by atoms with Gasteiger partial charge in [-0.3, -0.25) is 14.5 Å². The Balaban J connectivity index is 1.46. The van der Waals surface area contributed by atoms with Crippen molar-refractivity contribution in [3.8, 4) is 0 Å². The lowest BCUT2D eigenvalue weighted by Crippen LogP contribution is -2.49. The van der Waals surface area contributed by atoms with Crippen molar-refractivity contribution >= 4 is 45.9 Å². The number of thiocarbonyl (C=S) groups is 1. The molecule has 0 radical (unpaired) electrons. The molecule has 2 aromatic rings. The van der Waals surface area contributed by atoms with Crippen molar-refractivity contribution in [2.75, 3.05) is 19.6 Å². The van der Waals surface area contributed by atoms with E-state index in [9.17, 15) is 4.79 Å². The first-order chi connectivity index (χ1) is 14.5. The zero-order chi connectivity index (χ0) is 21.3. The van der Waals surface area contributed by atoms with Crippen molar-refractivity contribution in [3.05, 3.63) is 34.1 Å². The molecule has 0 spiro atoms. The number of allylic oxidation sites excluding steroid dienone is 1. The van der Waals surface area contributed by atoms with Crippen LogP contribution in [0.4, 0.5) is 0 Å². The molecule has 30 heavy (non-hydrogen) atoms. The van der Waals surface area contributed by atoms with Gasteiger partial charge in [0.05, 0.1) is 21.7 Å². The van der Waals surface area contributed by atoms with Crippen LogP contribution >= 0.6 is 23.8 Å². The monoisotopic (exact) mass is 446 g/mol. The Kier molecular flexibility index (Phi) is 6.24. The lowest BCUT2D eigenvalue weighted by molar-refractivity contribution is 0.0492. The minimum atomic E-state index is -0.186.